The highest BCUT2D eigenvalue weighted by molar-refractivity contribution is 4.96. The van der Waals surface area contributed by atoms with E-state index in [2.05, 4.69) is 10.3 Å². The molecule has 1 fully saturated rings. The standard InChI is InChI=1S/C10H15N3O3/c1-10(16)6-11-4-2-7(10)13-5-3-8(14)12-9(13)15/h3,5,7,11,16H,2,4,6H2,1H3,(H,12,14,15)/t7-,10-/m0/s1. The van der Waals surface area contributed by atoms with Gasteiger partial charge in [0.25, 0.3) is 5.56 Å². The van der Waals surface area contributed by atoms with Gasteiger partial charge in [-0.15, -0.1) is 0 Å². The molecule has 0 aliphatic carbocycles. The van der Waals surface area contributed by atoms with E-state index in [1.807, 2.05) is 0 Å². The Morgan fingerprint density at radius 1 is 1.56 bits per heavy atom. The predicted molar refractivity (Wildman–Crippen MR) is 58.5 cm³/mol. The largest absolute Gasteiger partial charge is 0.387 e. The molecule has 0 saturated carbocycles. The van der Waals surface area contributed by atoms with Crippen LogP contribution in [0.4, 0.5) is 0 Å². The third-order valence-corrected chi connectivity index (χ3v) is 2.98. The van der Waals surface area contributed by atoms with Gasteiger partial charge in [-0.05, 0) is 19.9 Å². The minimum Gasteiger partial charge on any atom is -0.387 e. The van der Waals surface area contributed by atoms with Crippen molar-refractivity contribution in [2.75, 3.05) is 13.1 Å². The number of nitrogens with zero attached hydrogens (tertiary/aromatic N) is 1. The van der Waals surface area contributed by atoms with Crippen molar-refractivity contribution in [3.8, 4) is 0 Å². The first-order chi connectivity index (χ1) is 7.50. The van der Waals surface area contributed by atoms with Gasteiger partial charge in [-0.25, -0.2) is 4.79 Å². The highest BCUT2D eigenvalue weighted by atomic mass is 16.3. The molecule has 0 bridgehead atoms. The first kappa shape index (κ1) is 11.1. The zero-order chi connectivity index (χ0) is 11.8. The van der Waals surface area contributed by atoms with E-state index in [9.17, 15) is 14.7 Å². The SMILES string of the molecule is C[C@]1(O)CNCC[C@@H]1n1ccc(=O)[nH]c1=O. The van der Waals surface area contributed by atoms with Gasteiger partial charge in [-0.2, -0.15) is 0 Å². The summed E-state index contributed by atoms with van der Waals surface area (Å²) in [5.41, 5.74) is -1.88. The van der Waals surface area contributed by atoms with Crippen molar-refractivity contribution in [1.29, 1.82) is 0 Å². The molecule has 16 heavy (non-hydrogen) atoms. The third-order valence-electron chi connectivity index (χ3n) is 2.98. The van der Waals surface area contributed by atoms with Crippen molar-refractivity contribution < 1.29 is 5.11 Å². The quantitative estimate of drug-likeness (QED) is 0.561. The maximum atomic E-state index is 11.6. The average Bonchev–Trinajstić information content (AvgIpc) is 2.19. The highest BCUT2D eigenvalue weighted by Gasteiger charge is 2.36. The minimum atomic E-state index is -0.986. The number of rotatable bonds is 1. The maximum absolute atomic E-state index is 11.6. The summed E-state index contributed by atoms with van der Waals surface area (Å²) in [6.07, 6.45) is 2.09. The Morgan fingerprint density at radius 3 is 2.94 bits per heavy atom. The lowest BCUT2D eigenvalue weighted by atomic mass is 9.90. The van der Waals surface area contributed by atoms with E-state index in [1.165, 1.54) is 16.8 Å². The summed E-state index contributed by atoms with van der Waals surface area (Å²) >= 11 is 0. The lowest BCUT2D eigenvalue weighted by molar-refractivity contribution is -0.0146. The number of hydrogen-bond donors (Lipinski definition) is 3. The van der Waals surface area contributed by atoms with Gasteiger partial charge in [-0.3, -0.25) is 14.3 Å². The van der Waals surface area contributed by atoms with Crippen molar-refractivity contribution in [3.63, 3.8) is 0 Å². The Morgan fingerprint density at radius 2 is 2.31 bits per heavy atom. The summed E-state index contributed by atoms with van der Waals surface area (Å²) in [6, 6.07) is 0.984. The number of β-amino-alcohol motifs (C(OH)–C–C–N with tert-alkyl or cyclic N) is 1. The molecule has 2 rings (SSSR count). The topological polar surface area (TPSA) is 87.1 Å². The van der Waals surface area contributed by atoms with Gasteiger partial charge in [-0.1, -0.05) is 0 Å². The van der Waals surface area contributed by atoms with E-state index >= 15 is 0 Å². The molecule has 0 aromatic carbocycles. The summed E-state index contributed by atoms with van der Waals surface area (Å²) in [4.78, 5) is 24.7. The van der Waals surface area contributed by atoms with Crippen LogP contribution in [0, 0.1) is 0 Å². The Bertz CT molecular complexity index is 489. The van der Waals surface area contributed by atoms with Crippen molar-refractivity contribution in [2.45, 2.75) is 25.0 Å². The first-order valence-electron chi connectivity index (χ1n) is 5.25. The number of aromatic amines is 1. The Hall–Kier alpha value is -1.40. The Labute approximate surface area is 91.9 Å². The molecule has 6 heteroatoms. The second kappa shape index (κ2) is 3.88. The number of hydrogen-bond acceptors (Lipinski definition) is 4. The molecule has 6 nitrogen and oxygen atoms in total. The van der Waals surface area contributed by atoms with Gasteiger partial charge in [0.05, 0.1) is 11.6 Å². The number of nitrogens with one attached hydrogen (secondary N) is 2. The normalized spacial score (nSPS) is 30.2. The number of piperidine rings is 1. The van der Waals surface area contributed by atoms with Crippen LogP contribution in [0.15, 0.2) is 21.9 Å². The highest BCUT2D eigenvalue weighted by Crippen LogP contribution is 2.26. The van der Waals surface area contributed by atoms with Crippen LogP contribution in [0.5, 0.6) is 0 Å². The molecular formula is C10H15N3O3. The molecule has 0 amide bonds. The van der Waals surface area contributed by atoms with Crippen LogP contribution >= 0.6 is 0 Å². The van der Waals surface area contributed by atoms with Gasteiger partial charge in [0, 0.05) is 18.8 Å². The Kier molecular flexibility index (Phi) is 2.69. The molecule has 0 unspecified atom stereocenters. The van der Waals surface area contributed by atoms with E-state index in [-0.39, 0.29) is 6.04 Å². The smallest absolute Gasteiger partial charge is 0.328 e. The third kappa shape index (κ3) is 1.94. The van der Waals surface area contributed by atoms with E-state index in [1.54, 1.807) is 6.92 Å². The molecule has 1 saturated heterocycles. The van der Waals surface area contributed by atoms with E-state index in [4.69, 9.17) is 0 Å². The lowest BCUT2D eigenvalue weighted by Gasteiger charge is -2.38. The first-order valence-corrected chi connectivity index (χ1v) is 5.25. The zero-order valence-corrected chi connectivity index (χ0v) is 9.06. The van der Waals surface area contributed by atoms with Gasteiger partial charge < -0.3 is 10.4 Å². The molecule has 0 radical (unpaired) electrons. The van der Waals surface area contributed by atoms with Gasteiger partial charge in [0.2, 0.25) is 0 Å². The predicted octanol–water partition coefficient (Wildman–Crippen LogP) is -1.18. The maximum Gasteiger partial charge on any atom is 0.328 e. The second-order valence-electron chi connectivity index (χ2n) is 4.36. The average molecular weight is 225 g/mol. The van der Waals surface area contributed by atoms with Gasteiger partial charge in [0.15, 0.2) is 0 Å². The van der Waals surface area contributed by atoms with Crippen molar-refractivity contribution in [2.24, 2.45) is 0 Å². The fraction of sp³-hybridized carbons (Fsp3) is 0.600. The van der Waals surface area contributed by atoms with Crippen LogP contribution in [0.25, 0.3) is 0 Å². The summed E-state index contributed by atoms with van der Waals surface area (Å²) in [5.74, 6) is 0. The molecule has 1 aliphatic heterocycles. The van der Waals surface area contributed by atoms with Crippen LogP contribution in [0.3, 0.4) is 0 Å². The molecule has 88 valence electrons. The fourth-order valence-electron chi connectivity index (χ4n) is 2.12. The van der Waals surface area contributed by atoms with Crippen molar-refractivity contribution >= 4 is 0 Å². The zero-order valence-electron chi connectivity index (χ0n) is 9.06. The van der Waals surface area contributed by atoms with Crippen molar-refractivity contribution in [1.82, 2.24) is 14.9 Å². The van der Waals surface area contributed by atoms with Gasteiger partial charge in [0.1, 0.15) is 0 Å². The Balaban J connectivity index is 2.43. The van der Waals surface area contributed by atoms with Gasteiger partial charge >= 0.3 is 5.69 Å². The summed E-state index contributed by atoms with van der Waals surface area (Å²) in [6.45, 7) is 2.86. The number of aromatic nitrogens is 2. The van der Waals surface area contributed by atoms with E-state index in [0.29, 0.717) is 13.0 Å². The molecule has 1 aromatic rings. The van der Waals surface area contributed by atoms with Crippen molar-refractivity contribution in [3.05, 3.63) is 33.1 Å². The number of H-pyrrole nitrogens is 1. The second-order valence-corrected chi connectivity index (χ2v) is 4.36. The van der Waals surface area contributed by atoms with Crippen LogP contribution in [0.1, 0.15) is 19.4 Å². The molecule has 1 aliphatic rings. The molecule has 1 aromatic heterocycles. The van der Waals surface area contributed by atoms with Crippen LogP contribution < -0.4 is 16.6 Å². The summed E-state index contributed by atoms with van der Waals surface area (Å²) in [7, 11) is 0. The monoisotopic (exact) mass is 225 g/mol. The molecule has 3 N–H and O–H groups in total. The van der Waals surface area contributed by atoms with Crippen LogP contribution in [0.2, 0.25) is 0 Å². The molecule has 2 heterocycles. The van der Waals surface area contributed by atoms with E-state index in [0.717, 1.165) is 6.54 Å². The minimum absolute atomic E-state index is 0.307. The summed E-state index contributed by atoms with van der Waals surface area (Å²) < 4.78 is 1.39. The number of aliphatic hydroxyl groups is 1. The fourth-order valence-corrected chi connectivity index (χ4v) is 2.12. The molecule has 0 spiro atoms. The lowest BCUT2D eigenvalue weighted by Crippen LogP contribution is -2.53. The van der Waals surface area contributed by atoms with E-state index < -0.39 is 16.9 Å². The van der Waals surface area contributed by atoms with Crippen LogP contribution in [-0.2, 0) is 0 Å². The summed E-state index contributed by atoms with van der Waals surface area (Å²) in [5, 5.41) is 13.2. The molecular weight excluding hydrogens is 210 g/mol. The molecule has 2 atom stereocenters. The van der Waals surface area contributed by atoms with Crippen LogP contribution in [-0.4, -0.2) is 33.3 Å².